The number of hydrogen-bond donors (Lipinski definition) is 1. The first-order chi connectivity index (χ1) is 8.65. The second kappa shape index (κ2) is 4.82. The van der Waals surface area contributed by atoms with Gasteiger partial charge in [-0.2, -0.15) is 0 Å². The quantitative estimate of drug-likeness (QED) is 0.784. The zero-order valence-electron chi connectivity index (χ0n) is 11.6. The van der Waals surface area contributed by atoms with E-state index in [1.54, 1.807) is 0 Å². The average molecular weight is 251 g/mol. The van der Waals surface area contributed by atoms with Crippen molar-refractivity contribution in [3.05, 3.63) is 0 Å². The summed E-state index contributed by atoms with van der Waals surface area (Å²) < 4.78 is 0. The number of nitrogens with zero attached hydrogens (tertiary/aromatic N) is 2. The van der Waals surface area contributed by atoms with Gasteiger partial charge in [0.15, 0.2) is 0 Å². The zero-order valence-corrected chi connectivity index (χ0v) is 11.6. The van der Waals surface area contributed by atoms with Crippen LogP contribution in [0.1, 0.15) is 32.1 Å². The number of amides is 1. The van der Waals surface area contributed by atoms with Gasteiger partial charge in [-0.05, 0) is 46.2 Å². The van der Waals surface area contributed by atoms with Gasteiger partial charge in [0.25, 0.3) is 0 Å². The fourth-order valence-electron chi connectivity index (χ4n) is 3.91. The number of carbonyl (C=O) groups is 1. The third kappa shape index (κ3) is 2.16. The molecule has 2 bridgehead atoms. The van der Waals surface area contributed by atoms with E-state index in [1.807, 2.05) is 0 Å². The molecule has 3 fully saturated rings. The first-order valence-corrected chi connectivity index (χ1v) is 7.36. The Hall–Kier alpha value is -0.610. The summed E-state index contributed by atoms with van der Waals surface area (Å²) in [5.74, 6) is 0.686. The molecule has 4 atom stereocenters. The minimum absolute atomic E-state index is 0.268. The Balaban J connectivity index is 1.62. The molecule has 4 heteroatoms. The average Bonchev–Trinajstić information content (AvgIpc) is 3.00. The minimum Gasteiger partial charge on any atom is -0.341 e. The summed E-state index contributed by atoms with van der Waals surface area (Å²) in [5.41, 5.74) is 0. The molecule has 0 aromatic heterocycles. The summed E-state index contributed by atoms with van der Waals surface area (Å²) in [6.07, 6.45) is 5.93. The van der Waals surface area contributed by atoms with Crippen LogP contribution in [0.2, 0.25) is 0 Å². The zero-order chi connectivity index (χ0) is 12.7. The molecule has 3 aliphatic rings. The summed E-state index contributed by atoms with van der Waals surface area (Å²) in [5, 5.41) is 3.57. The highest BCUT2D eigenvalue weighted by atomic mass is 16.2. The molecular formula is C14H25N3O. The van der Waals surface area contributed by atoms with Crippen LogP contribution >= 0.6 is 0 Å². The van der Waals surface area contributed by atoms with Crippen LogP contribution in [0.15, 0.2) is 0 Å². The molecule has 0 aromatic rings. The van der Waals surface area contributed by atoms with E-state index >= 15 is 0 Å². The van der Waals surface area contributed by atoms with Crippen LogP contribution in [0.25, 0.3) is 0 Å². The van der Waals surface area contributed by atoms with Gasteiger partial charge in [0.05, 0.1) is 5.92 Å². The normalized spacial score (nSPS) is 39.6. The van der Waals surface area contributed by atoms with Crippen molar-refractivity contribution in [3.8, 4) is 0 Å². The second-order valence-corrected chi connectivity index (χ2v) is 6.43. The van der Waals surface area contributed by atoms with E-state index in [4.69, 9.17) is 0 Å². The van der Waals surface area contributed by atoms with E-state index in [0.717, 1.165) is 25.9 Å². The van der Waals surface area contributed by atoms with Gasteiger partial charge in [0.2, 0.25) is 5.91 Å². The number of hydrogen-bond acceptors (Lipinski definition) is 3. The van der Waals surface area contributed by atoms with Crippen LogP contribution in [-0.4, -0.2) is 61.0 Å². The Morgan fingerprint density at radius 3 is 2.72 bits per heavy atom. The van der Waals surface area contributed by atoms with Crippen molar-refractivity contribution >= 4 is 5.91 Å². The summed E-state index contributed by atoms with van der Waals surface area (Å²) >= 11 is 0. The van der Waals surface area contributed by atoms with Gasteiger partial charge >= 0.3 is 0 Å². The van der Waals surface area contributed by atoms with E-state index in [1.165, 1.54) is 19.3 Å². The molecule has 3 heterocycles. The molecule has 0 aromatic carbocycles. The van der Waals surface area contributed by atoms with Crippen LogP contribution in [0, 0.1) is 5.92 Å². The molecule has 18 heavy (non-hydrogen) atoms. The molecule has 4 nitrogen and oxygen atoms in total. The summed E-state index contributed by atoms with van der Waals surface area (Å²) in [4.78, 5) is 17.0. The third-order valence-corrected chi connectivity index (χ3v) is 5.06. The van der Waals surface area contributed by atoms with Crippen molar-refractivity contribution < 1.29 is 4.79 Å². The predicted molar refractivity (Wildman–Crippen MR) is 71.3 cm³/mol. The van der Waals surface area contributed by atoms with Gasteiger partial charge in [-0.3, -0.25) is 4.79 Å². The Morgan fingerprint density at radius 2 is 2.11 bits per heavy atom. The van der Waals surface area contributed by atoms with E-state index in [2.05, 4.69) is 29.2 Å². The van der Waals surface area contributed by atoms with E-state index in [0.29, 0.717) is 24.0 Å². The summed E-state index contributed by atoms with van der Waals surface area (Å²) in [6.45, 7) is 1.90. The molecule has 1 amide bonds. The lowest BCUT2D eigenvalue weighted by atomic mass is 9.87. The molecule has 4 unspecified atom stereocenters. The first-order valence-electron chi connectivity index (χ1n) is 7.36. The molecule has 3 saturated heterocycles. The Morgan fingerprint density at radius 1 is 1.28 bits per heavy atom. The maximum atomic E-state index is 12.6. The highest BCUT2D eigenvalue weighted by Gasteiger charge is 2.44. The molecule has 1 N–H and O–H groups in total. The van der Waals surface area contributed by atoms with Crippen molar-refractivity contribution in [2.45, 2.75) is 50.2 Å². The van der Waals surface area contributed by atoms with Crippen molar-refractivity contribution in [1.29, 1.82) is 0 Å². The number of likely N-dealkylation sites (tertiary alicyclic amines) is 1. The lowest BCUT2D eigenvalue weighted by Crippen LogP contribution is -2.50. The molecule has 3 aliphatic heterocycles. The molecule has 102 valence electrons. The van der Waals surface area contributed by atoms with E-state index in [-0.39, 0.29) is 5.92 Å². The fourth-order valence-corrected chi connectivity index (χ4v) is 3.91. The number of nitrogens with one attached hydrogen (secondary N) is 1. The fraction of sp³-hybridized carbons (Fsp3) is 0.929. The van der Waals surface area contributed by atoms with Gasteiger partial charge < -0.3 is 15.1 Å². The largest absolute Gasteiger partial charge is 0.341 e. The van der Waals surface area contributed by atoms with Gasteiger partial charge in [-0.25, -0.2) is 0 Å². The Bertz CT molecular complexity index is 331. The predicted octanol–water partition coefficient (Wildman–Crippen LogP) is 0.680. The molecular weight excluding hydrogens is 226 g/mol. The number of rotatable bonds is 2. The van der Waals surface area contributed by atoms with Gasteiger partial charge in [-0.1, -0.05) is 0 Å². The van der Waals surface area contributed by atoms with Crippen LogP contribution in [0.3, 0.4) is 0 Å². The van der Waals surface area contributed by atoms with Crippen LogP contribution in [0.4, 0.5) is 0 Å². The SMILES string of the molecule is CN(C)C1CCCN(C(=O)C2CC3CCC2N3)C1. The van der Waals surface area contributed by atoms with E-state index in [9.17, 15) is 4.79 Å². The van der Waals surface area contributed by atoms with Gasteiger partial charge in [0.1, 0.15) is 0 Å². The Kier molecular flexibility index (Phi) is 3.32. The molecule has 0 saturated carbocycles. The maximum absolute atomic E-state index is 12.6. The summed E-state index contributed by atoms with van der Waals surface area (Å²) in [7, 11) is 4.25. The van der Waals surface area contributed by atoms with Crippen molar-refractivity contribution in [1.82, 2.24) is 15.1 Å². The molecule has 0 aliphatic carbocycles. The van der Waals surface area contributed by atoms with Crippen molar-refractivity contribution in [3.63, 3.8) is 0 Å². The number of piperidine rings is 1. The maximum Gasteiger partial charge on any atom is 0.227 e. The van der Waals surface area contributed by atoms with Gasteiger partial charge in [0, 0.05) is 31.2 Å². The molecule has 3 rings (SSSR count). The first kappa shape index (κ1) is 12.4. The molecule has 0 spiro atoms. The van der Waals surface area contributed by atoms with E-state index < -0.39 is 0 Å². The highest BCUT2D eigenvalue weighted by molar-refractivity contribution is 5.80. The standard InChI is InChI=1S/C14H25N3O/c1-16(2)11-4-3-7-17(9-11)14(18)12-8-10-5-6-13(12)15-10/h10-13,15H,3-9H2,1-2H3. The van der Waals surface area contributed by atoms with Gasteiger partial charge in [-0.15, -0.1) is 0 Å². The van der Waals surface area contributed by atoms with Crippen molar-refractivity contribution in [2.75, 3.05) is 27.2 Å². The van der Waals surface area contributed by atoms with Crippen molar-refractivity contribution in [2.24, 2.45) is 5.92 Å². The topological polar surface area (TPSA) is 35.6 Å². The number of carbonyl (C=O) groups excluding carboxylic acids is 1. The lowest BCUT2D eigenvalue weighted by molar-refractivity contribution is -0.138. The molecule has 0 radical (unpaired) electrons. The highest BCUT2D eigenvalue weighted by Crippen LogP contribution is 2.34. The van der Waals surface area contributed by atoms with Crippen LogP contribution < -0.4 is 5.32 Å². The Labute approximate surface area is 110 Å². The smallest absolute Gasteiger partial charge is 0.227 e. The monoisotopic (exact) mass is 251 g/mol. The lowest BCUT2D eigenvalue weighted by Gasteiger charge is -2.38. The minimum atomic E-state index is 0.268. The third-order valence-electron chi connectivity index (χ3n) is 5.06. The van der Waals surface area contributed by atoms with Crippen LogP contribution in [0.5, 0.6) is 0 Å². The summed E-state index contributed by atoms with van der Waals surface area (Å²) in [6, 6.07) is 1.65. The van der Waals surface area contributed by atoms with Crippen LogP contribution in [-0.2, 0) is 4.79 Å². The second-order valence-electron chi connectivity index (χ2n) is 6.43. The number of likely N-dealkylation sites (N-methyl/N-ethyl adjacent to an activating group) is 1. The number of fused-ring (bicyclic) bond motifs is 2.